The lowest BCUT2D eigenvalue weighted by atomic mass is 10.0. The summed E-state index contributed by atoms with van der Waals surface area (Å²) in [6.07, 6.45) is 0.544. The van der Waals surface area contributed by atoms with Gasteiger partial charge in [-0.3, -0.25) is 12.8 Å². The molecule has 4 heteroatoms. The maximum absolute atomic E-state index is 14.5. The smallest absolute Gasteiger partial charge is 0.264 e. The Kier molecular flexibility index (Phi) is 4.74. The molecule has 0 bridgehead atoms. The molecule has 98 valence electrons. The standard InChI is InChI=1S/C12H27F2NSi/c1-9-10(2)16(13,14)15(11(3,4)5)12(6,7)8/h10H,9H2,1-8H3. The minimum Gasteiger partial charge on any atom is -0.264 e. The first-order valence-electron chi connectivity index (χ1n) is 6.03. The van der Waals surface area contributed by atoms with E-state index < -0.39 is 25.5 Å². The molecule has 0 aromatic heterocycles. The summed E-state index contributed by atoms with van der Waals surface area (Å²) in [5.41, 5.74) is -1.47. The van der Waals surface area contributed by atoms with E-state index in [0.29, 0.717) is 6.42 Å². The minimum atomic E-state index is -4.37. The Balaban J connectivity index is 5.37. The summed E-state index contributed by atoms with van der Waals surface area (Å²) >= 11 is 0. The van der Waals surface area contributed by atoms with E-state index in [2.05, 4.69) is 0 Å². The molecule has 0 fully saturated rings. The predicted molar refractivity (Wildman–Crippen MR) is 69.0 cm³/mol. The summed E-state index contributed by atoms with van der Waals surface area (Å²) in [5.74, 6) is 0. The molecule has 0 rings (SSSR count). The first kappa shape index (κ1) is 16.0. The topological polar surface area (TPSA) is 3.24 Å². The molecule has 1 unspecified atom stereocenters. The SMILES string of the molecule is CCC(C)[Si](F)(F)N(C(C)(C)C)C(C)(C)C. The van der Waals surface area contributed by atoms with Crippen LogP contribution in [-0.4, -0.2) is 24.5 Å². The first-order chi connectivity index (χ1) is 6.85. The van der Waals surface area contributed by atoms with Gasteiger partial charge in [0.1, 0.15) is 0 Å². The molecule has 0 aliphatic rings. The quantitative estimate of drug-likeness (QED) is 0.525. The summed E-state index contributed by atoms with van der Waals surface area (Å²) in [5, 5.41) is 0. The van der Waals surface area contributed by atoms with Crippen LogP contribution in [0.2, 0.25) is 5.54 Å². The van der Waals surface area contributed by atoms with Gasteiger partial charge in [0.15, 0.2) is 0 Å². The van der Waals surface area contributed by atoms with E-state index in [9.17, 15) is 8.22 Å². The Bertz CT molecular complexity index is 214. The van der Waals surface area contributed by atoms with Crippen molar-refractivity contribution < 1.29 is 8.22 Å². The third-order valence-corrected chi connectivity index (χ3v) is 6.38. The average Bonchev–Trinajstić information content (AvgIpc) is 1.95. The highest BCUT2D eigenvalue weighted by Crippen LogP contribution is 2.40. The highest BCUT2D eigenvalue weighted by Gasteiger charge is 2.56. The van der Waals surface area contributed by atoms with Crippen molar-refractivity contribution in [3.05, 3.63) is 0 Å². The van der Waals surface area contributed by atoms with E-state index in [1.165, 1.54) is 4.57 Å². The maximum atomic E-state index is 14.5. The van der Waals surface area contributed by atoms with Gasteiger partial charge in [0.25, 0.3) is 0 Å². The second-order valence-corrected chi connectivity index (χ2v) is 9.18. The molecule has 0 radical (unpaired) electrons. The zero-order chi connectivity index (χ0) is 13.4. The van der Waals surface area contributed by atoms with Gasteiger partial charge in [-0.15, -0.1) is 0 Å². The van der Waals surface area contributed by atoms with Gasteiger partial charge in [-0.2, -0.15) is 0 Å². The molecular formula is C12H27F2NSi. The van der Waals surface area contributed by atoms with Crippen LogP contribution in [0.25, 0.3) is 0 Å². The fourth-order valence-electron chi connectivity index (χ4n) is 2.37. The Labute approximate surface area is 101 Å². The highest BCUT2D eigenvalue weighted by molar-refractivity contribution is 6.65. The van der Waals surface area contributed by atoms with Gasteiger partial charge in [0.2, 0.25) is 0 Å². The lowest BCUT2D eigenvalue weighted by molar-refractivity contribution is 0.0910. The largest absolute Gasteiger partial charge is 0.510 e. The minimum absolute atomic E-state index is 0.489. The number of hydrogen-bond donors (Lipinski definition) is 0. The molecule has 0 spiro atoms. The summed E-state index contributed by atoms with van der Waals surface area (Å²) in [6, 6.07) is 0. The second-order valence-electron chi connectivity index (χ2n) is 6.57. The van der Waals surface area contributed by atoms with E-state index in [1.54, 1.807) is 6.92 Å². The molecule has 0 saturated carbocycles. The molecule has 0 aromatic rings. The molecule has 0 amide bonds. The van der Waals surface area contributed by atoms with Crippen molar-refractivity contribution in [2.24, 2.45) is 0 Å². The third-order valence-electron chi connectivity index (χ3n) is 2.85. The number of halogens is 2. The van der Waals surface area contributed by atoms with Gasteiger partial charge in [0.05, 0.1) is 0 Å². The lowest BCUT2D eigenvalue weighted by Gasteiger charge is -2.49. The molecule has 1 nitrogen and oxygen atoms in total. The molecule has 0 aromatic carbocycles. The predicted octanol–water partition coefficient (Wildman–Crippen LogP) is 4.56. The van der Waals surface area contributed by atoms with Crippen molar-refractivity contribution in [1.82, 2.24) is 4.57 Å². The molecule has 16 heavy (non-hydrogen) atoms. The molecule has 0 aliphatic carbocycles. The van der Waals surface area contributed by atoms with Crippen LogP contribution >= 0.6 is 0 Å². The van der Waals surface area contributed by atoms with E-state index >= 15 is 0 Å². The Morgan fingerprint density at radius 1 is 1.00 bits per heavy atom. The van der Waals surface area contributed by atoms with Crippen LogP contribution in [0.4, 0.5) is 8.22 Å². The summed E-state index contributed by atoms with van der Waals surface area (Å²) in [4.78, 5) is 0. The molecule has 0 heterocycles. The molecule has 1 atom stereocenters. The van der Waals surface area contributed by atoms with Gasteiger partial charge in [-0.1, -0.05) is 13.8 Å². The van der Waals surface area contributed by atoms with Crippen molar-refractivity contribution >= 4 is 8.90 Å². The lowest BCUT2D eigenvalue weighted by Crippen LogP contribution is -2.65. The second kappa shape index (κ2) is 4.73. The summed E-state index contributed by atoms with van der Waals surface area (Å²) in [7, 11) is -4.37. The van der Waals surface area contributed by atoms with Crippen molar-refractivity contribution in [1.29, 1.82) is 0 Å². The van der Waals surface area contributed by atoms with Crippen LogP contribution in [0.1, 0.15) is 61.8 Å². The van der Waals surface area contributed by atoms with E-state index in [1.807, 2.05) is 48.5 Å². The normalized spacial score (nSPS) is 16.7. The number of rotatable bonds is 3. The van der Waals surface area contributed by atoms with E-state index in [-0.39, 0.29) is 0 Å². The maximum Gasteiger partial charge on any atom is 0.510 e. The van der Waals surface area contributed by atoms with Crippen molar-refractivity contribution in [2.45, 2.75) is 78.4 Å². The molecular weight excluding hydrogens is 224 g/mol. The molecule has 0 N–H and O–H groups in total. The van der Waals surface area contributed by atoms with Crippen LogP contribution in [0.5, 0.6) is 0 Å². The monoisotopic (exact) mass is 251 g/mol. The fourth-order valence-corrected chi connectivity index (χ4v) is 5.09. The molecule has 0 aliphatic heterocycles. The van der Waals surface area contributed by atoms with E-state index in [0.717, 1.165) is 0 Å². The zero-order valence-electron chi connectivity index (χ0n) is 12.0. The van der Waals surface area contributed by atoms with Gasteiger partial charge in [-0.25, -0.2) is 0 Å². The molecule has 0 saturated heterocycles. The summed E-state index contributed by atoms with van der Waals surface area (Å²) in [6.45, 7) is 14.8. The number of nitrogens with zero attached hydrogens (tertiary/aromatic N) is 1. The van der Waals surface area contributed by atoms with Crippen molar-refractivity contribution in [3.63, 3.8) is 0 Å². The van der Waals surface area contributed by atoms with Crippen molar-refractivity contribution in [2.75, 3.05) is 0 Å². The van der Waals surface area contributed by atoms with Crippen LogP contribution in [-0.2, 0) is 0 Å². The third kappa shape index (κ3) is 3.52. The van der Waals surface area contributed by atoms with Gasteiger partial charge >= 0.3 is 8.90 Å². The van der Waals surface area contributed by atoms with Crippen LogP contribution in [0.15, 0.2) is 0 Å². The van der Waals surface area contributed by atoms with Crippen molar-refractivity contribution in [3.8, 4) is 0 Å². The van der Waals surface area contributed by atoms with Crippen LogP contribution in [0, 0.1) is 0 Å². The fraction of sp³-hybridized carbons (Fsp3) is 1.00. The van der Waals surface area contributed by atoms with Crippen LogP contribution < -0.4 is 0 Å². The van der Waals surface area contributed by atoms with Gasteiger partial charge in [0, 0.05) is 16.6 Å². The number of hydrogen-bond acceptors (Lipinski definition) is 1. The Morgan fingerprint density at radius 2 is 1.31 bits per heavy atom. The van der Waals surface area contributed by atoms with Gasteiger partial charge < -0.3 is 0 Å². The summed E-state index contributed by atoms with van der Waals surface area (Å²) < 4.78 is 30.6. The van der Waals surface area contributed by atoms with Crippen LogP contribution in [0.3, 0.4) is 0 Å². The highest BCUT2D eigenvalue weighted by atomic mass is 28.4. The van der Waals surface area contributed by atoms with E-state index in [4.69, 9.17) is 0 Å². The Morgan fingerprint density at radius 3 is 1.50 bits per heavy atom. The first-order valence-corrected chi connectivity index (χ1v) is 7.81. The zero-order valence-corrected chi connectivity index (χ0v) is 13.0. The Hall–Kier alpha value is 0.0369. The van der Waals surface area contributed by atoms with Gasteiger partial charge in [-0.05, 0) is 48.0 Å². The average molecular weight is 251 g/mol.